The van der Waals surface area contributed by atoms with E-state index in [1.807, 2.05) is 11.2 Å². The molecule has 2 N–H and O–H groups in total. The van der Waals surface area contributed by atoms with Crippen LogP contribution < -0.4 is 5.32 Å². The second-order valence-electron chi connectivity index (χ2n) is 2.17. The Balaban J connectivity index is 3.69. The van der Waals surface area contributed by atoms with Crippen LogP contribution >= 0.6 is 0 Å². The summed E-state index contributed by atoms with van der Waals surface area (Å²) in [5.41, 5.74) is 0. The van der Waals surface area contributed by atoms with Gasteiger partial charge in [-0.1, -0.05) is 5.92 Å². The van der Waals surface area contributed by atoms with Crippen molar-refractivity contribution in [2.24, 2.45) is 0 Å². The summed E-state index contributed by atoms with van der Waals surface area (Å²) in [7, 11) is 0. The summed E-state index contributed by atoms with van der Waals surface area (Å²) in [5, 5.41) is 9.98. The third kappa shape index (κ3) is 4.63. The second kappa shape index (κ2) is 4.67. The first-order chi connectivity index (χ1) is 5.52. The maximum Gasteiger partial charge on any atom is 0.287 e. The van der Waals surface area contributed by atoms with Gasteiger partial charge in [0, 0.05) is 0 Å². The highest BCUT2D eigenvalue weighted by Crippen LogP contribution is 2.09. The predicted octanol–water partition coefficient (Wildman–Crippen LogP) is -0.246. The van der Waals surface area contributed by atoms with E-state index in [0.717, 1.165) is 0 Å². The maximum absolute atomic E-state index is 12.2. The molecule has 3 nitrogen and oxygen atoms in total. The van der Waals surface area contributed by atoms with Gasteiger partial charge >= 0.3 is 0 Å². The Bertz CT molecular complexity index is 198. The molecule has 68 valence electrons. The molecule has 0 spiro atoms. The molecule has 0 fully saturated rings. The second-order valence-corrected chi connectivity index (χ2v) is 2.17. The normalized spacial score (nSPS) is 10.5. The molecule has 0 aromatic heterocycles. The molecule has 0 bridgehead atoms. The SMILES string of the molecule is C#CCC(=O)NCC(F)(F)CO. The lowest BCUT2D eigenvalue weighted by Gasteiger charge is -2.12. The van der Waals surface area contributed by atoms with Gasteiger partial charge in [0.15, 0.2) is 0 Å². The fraction of sp³-hybridized carbons (Fsp3) is 0.571. The number of carbonyl (C=O) groups excluding carboxylic acids is 1. The quantitative estimate of drug-likeness (QED) is 0.582. The summed E-state index contributed by atoms with van der Waals surface area (Å²) in [6.07, 6.45) is 4.52. The van der Waals surface area contributed by atoms with Gasteiger partial charge < -0.3 is 10.4 Å². The minimum absolute atomic E-state index is 0.235. The summed E-state index contributed by atoms with van der Waals surface area (Å²) < 4.78 is 24.5. The minimum atomic E-state index is -3.27. The summed E-state index contributed by atoms with van der Waals surface area (Å²) in [6.45, 7) is -2.17. The number of rotatable bonds is 4. The van der Waals surface area contributed by atoms with Crippen LogP contribution in [-0.4, -0.2) is 30.1 Å². The fourth-order valence-corrected chi connectivity index (χ4v) is 0.439. The van der Waals surface area contributed by atoms with E-state index < -0.39 is 25.0 Å². The molecule has 0 aliphatic heterocycles. The Labute approximate surface area is 68.8 Å². The standard InChI is InChI=1S/C7H9F2NO2/c1-2-3-6(12)10-4-7(8,9)5-11/h1,11H,3-5H2,(H,10,12). The van der Waals surface area contributed by atoms with Crippen LogP contribution in [0.15, 0.2) is 0 Å². The summed E-state index contributed by atoms with van der Waals surface area (Å²) in [4.78, 5) is 10.5. The highest BCUT2D eigenvalue weighted by molar-refractivity contribution is 5.78. The van der Waals surface area contributed by atoms with Gasteiger partial charge in [0.05, 0.1) is 13.0 Å². The highest BCUT2D eigenvalue weighted by atomic mass is 19.3. The molecule has 0 aromatic rings. The van der Waals surface area contributed by atoms with Gasteiger partial charge in [0.25, 0.3) is 5.92 Å². The Hall–Kier alpha value is -1.15. The van der Waals surface area contributed by atoms with Crippen molar-refractivity contribution in [2.45, 2.75) is 12.3 Å². The number of hydrogen-bond acceptors (Lipinski definition) is 2. The fourth-order valence-electron chi connectivity index (χ4n) is 0.439. The van der Waals surface area contributed by atoms with Crippen molar-refractivity contribution in [1.29, 1.82) is 0 Å². The molecule has 0 aliphatic carbocycles. The molecule has 0 atom stereocenters. The molecule has 0 heterocycles. The Kier molecular flexibility index (Phi) is 4.22. The number of terminal acetylenes is 1. The van der Waals surface area contributed by atoms with Gasteiger partial charge in [-0.2, -0.15) is 0 Å². The van der Waals surface area contributed by atoms with Crippen molar-refractivity contribution in [3.05, 3.63) is 0 Å². The van der Waals surface area contributed by atoms with Gasteiger partial charge in [0.1, 0.15) is 6.61 Å². The lowest BCUT2D eigenvalue weighted by Crippen LogP contribution is -2.38. The van der Waals surface area contributed by atoms with Crippen molar-refractivity contribution in [2.75, 3.05) is 13.2 Å². The van der Waals surface area contributed by atoms with E-state index in [4.69, 9.17) is 11.5 Å². The molecule has 1 amide bonds. The number of aliphatic hydroxyl groups excluding tert-OH is 1. The number of halogens is 2. The van der Waals surface area contributed by atoms with Gasteiger partial charge in [-0.05, 0) is 0 Å². The summed E-state index contributed by atoms with van der Waals surface area (Å²) in [5.74, 6) is -1.92. The van der Waals surface area contributed by atoms with Crippen LogP contribution in [0.2, 0.25) is 0 Å². The molecule has 0 unspecified atom stereocenters. The number of carbonyl (C=O) groups is 1. The van der Waals surface area contributed by atoms with Crippen LogP contribution in [-0.2, 0) is 4.79 Å². The summed E-state index contributed by atoms with van der Waals surface area (Å²) >= 11 is 0. The van der Waals surface area contributed by atoms with E-state index in [-0.39, 0.29) is 6.42 Å². The molecule has 0 rings (SSSR count). The molecule has 0 aliphatic rings. The van der Waals surface area contributed by atoms with Crippen LogP contribution in [0.4, 0.5) is 8.78 Å². The molecule has 0 saturated heterocycles. The van der Waals surface area contributed by atoms with Crippen LogP contribution in [0.25, 0.3) is 0 Å². The molecule has 0 saturated carbocycles. The number of amides is 1. The van der Waals surface area contributed by atoms with Crippen molar-refractivity contribution in [3.8, 4) is 12.3 Å². The maximum atomic E-state index is 12.2. The minimum Gasteiger partial charge on any atom is -0.390 e. The zero-order valence-electron chi connectivity index (χ0n) is 6.31. The molecular formula is C7H9F2NO2. The first-order valence-corrected chi connectivity index (χ1v) is 3.20. The van der Waals surface area contributed by atoms with Gasteiger partial charge in [-0.25, -0.2) is 8.78 Å². The third-order valence-electron chi connectivity index (χ3n) is 1.04. The number of hydrogen-bond donors (Lipinski definition) is 2. The zero-order chi connectivity index (χ0) is 9.61. The van der Waals surface area contributed by atoms with Crippen molar-refractivity contribution in [3.63, 3.8) is 0 Å². The lowest BCUT2D eigenvalue weighted by molar-refractivity contribution is -0.123. The van der Waals surface area contributed by atoms with Crippen LogP contribution in [0.3, 0.4) is 0 Å². The Morgan fingerprint density at radius 1 is 1.67 bits per heavy atom. The van der Waals surface area contributed by atoms with Crippen LogP contribution in [0.1, 0.15) is 6.42 Å². The van der Waals surface area contributed by atoms with E-state index in [0.29, 0.717) is 0 Å². The average molecular weight is 177 g/mol. The first kappa shape index (κ1) is 10.8. The van der Waals surface area contributed by atoms with Crippen LogP contribution in [0, 0.1) is 12.3 Å². The molecule has 0 aromatic carbocycles. The highest BCUT2D eigenvalue weighted by Gasteiger charge is 2.27. The van der Waals surface area contributed by atoms with Crippen molar-refractivity contribution >= 4 is 5.91 Å². The number of aliphatic hydroxyl groups is 1. The summed E-state index contributed by atoms with van der Waals surface area (Å²) in [6, 6.07) is 0. The number of alkyl halides is 2. The smallest absolute Gasteiger partial charge is 0.287 e. The molecular weight excluding hydrogens is 168 g/mol. The van der Waals surface area contributed by atoms with Gasteiger partial charge in [-0.15, -0.1) is 6.42 Å². The Morgan fingerprint density at radius 3 is 2.67 bits per heavy atom. The first-order valence-electron chi connectivity index (χ1n) is 3.20. The van der Waals surface area contributed by atoms with E-state index >= 15 is 0 Å². The van der Waals surface area contributed by atoms with Crippen molar-refractivity contribution < 1.29 is 18.7 Å². The predicted molar refractivity (Wildman–Crippen MR) is 38.5 cm³/mol. The average Bonchev–Trinajstić information content (AvgIpc) is 2.02. The van der Waals surface area contributed by atoms with E-state index in [1.54, 1.807) is 0 Å². The van der Waals surface area contributed by atoms with E-state index in [1.165, 1.54) is 0 Å². The topological polar surface area (TPSA) is 49.3 Å². The van der Waals surface area contributed by atoms with Crippen molar-refractivity contribution in [1.82, 2.24) is 5.32 Å². The Morgan fingerprint density at radius 2 is 2.25 bits per heavy atom. The molecule has 12 heavy (non-hydrogen) atoms. The molecule has 0 radical (unpaired) electrons. The lowest BCUT2D eigenvalue weighted by atomic mass is 10.3. The van der Waals surface area contributed by atoms with E-state index in [9.17, 15) is 13.6 Å². The molecule has 5 heteroatoms. The van der Waals surface area contributed by atoms with E-state index in [2.05, 4.69) is 0 Å². The third-order valence-corrected chi connectivity index (χ3v) is 1.04. The van der Waals surface area contributed by atoms with Gasteiger partial charge in [0.2, 0.25) is 5.91 Å². The van der Waals surface area contributed by atoms with Crippen LogP contribution in [0.5, 0.6) is 0 Å². The zero-order valence-corrected chi connectivity index (χ0v) is 6.31. The van der Waals surface area contributed by atoms with Gasteiger partial charge in [-0.3, -0.25) is 4.79 Å². The largest absolute Gasteiger partial charge is 0.390 e. The monoisotopic (exact) mass is 177 g/mol. The number of nitrogens with one attached hydrogen (secondary N) is 1.